The Morgan fingerprint density at radius 2 is 2.31 bits per heavy atom. The Bertz CT molecular complexity index is 221. The topological polar surface area (TPSA) is 41.6 Å². The van der Waals surface area contributed by atoms with E-state index in [0.29, 0.717) is 19.6 Å². The fourth-order valence-corrected chi connectivity index (χ4v) is 2.12. The molecule has 4 heteroatoms. The number of hydrogen-bond acceptors (Lipinski definition) is 3. The third kappa shape index (κ3) is 3.76. The van der Waals surface area contributed by atoms with Crippen molar-refractivity contribution in [1.82, 2.24) is 10.2 Å². The smallest absolute Gasteiger partial charge is 0.224 e. The Kier molecular flexibility index (Phi) is 5.77. The number of carbonyl (C=O) groups excluding carboxylic acids is 1. The summed E-state index contributed by atoms with van der Waals surface area (Å²) in [6.45, 7) is 9.25. The fourth-order valence-electron chi connectivity index (χ4n) is 2.12. The lowest BCUT2D eigenvalue weighted by molar-refractivity contribution is -0.140. The van der Waals surface area contributed by atoms with Gasteiger partial charge in [-0.1, -0.05) is 13.8 Å². The average molecular weight is 228 g/mol. The monoisotopic (exact) mass is 228 g/mol. The number of morpholine rings is 1. The zero-order valence-corrected chi connectivity index (χ0v) is 10.7. The summed E-state index contributed by atoms with van der Waals surface area (Å²) in [4.78, 5) is 14.1. The molecule has 1 aliphatic rings. The van der Waals surface area contributed by atoms with E-state index in [0.717, 1.165) is 19.5 Å². The van der Waals surface area contributed by atoms with Gasteiger partial charge in [0, 0.05) is 19.0 Å². The van der Waals surface area contributed by atoms with Gasteiger partial charge in [0.1, 0.15) is 0 Å². The van der Waals surface area contributed by atoms with Gasteiger partial charge in [0.25, 0.3) is 0 Å². The number of nitrogens with one attached hydrogen (secondary N) is 1. The summed E-state index contributed by atoms with van der Waals surface area (Å²) >= 11 is 0. The third-order valence-corrected chi connectivity index (χ3v) is 3.05. The lowest BCUT2D eigenvalue weighted by atomic mass is 10.1. The van der Waals surface area contributed by atoms with Crippen molar-refractivity contribution in [3.8, 4) is 0 Å². The summed E-state index contributed by atoms with van der Waals surface area (Å²) in [7, 11) is 0. The molecule has 1 aliphatic heterocycles. The van der Waals surface area contributed by atoms with Gasteiger partial charge in [-0.2, -0.15) is 0 Å². The number of ether oxygens (including phenoxy) is 1. The lowest BCUT2D eigenvalue weighted by Crippen LogP contribution is -2.49. The second-order valence-electron chi connectivity index (χ2n) is 4.39. The minimum atomic E-state index is 0.253. The van der Waals surface area contributed by atoms with Gasteiger partial charge in [-0.25, -0.2) is 0 Å². The highest BCUT2D eigenvalue weighted by atomic mass is 16.5. The molecule has 16 heavy (non-hydrogen) atoms. The molecule has 0 aromatic heterocycles. The number of nitrogens with zero attached hydrogens (tertiary/aromatic N) is 1. The molecule has 2 atom stereocenters. The zero-order chi connectivity index (χ0) is 12.0. The van der Waals surface area contributed by atoms with Gasteiger partial charge < -0.3 is 15.0 Å². The van der Waals surface area contributed by atoms with Gasteiger partial charge in [0.2, 0.25) is 5.91 Å². The van der Waals surface area contributed by atoms with Gasteiger partial charge >= 0.3 is 0 Å². The molecule has 0 radical (unpaired) electrons. The summed E-state index contributed by atoms with van der Waals surface area (Å²) in [5.74, 6) is 0.253. The molecule has 0 aliphatic carbocycles. The molecule has 4 nitrogen and oxygen atoms in total. The van der Waals surface area contributed by atoms with Crippen LogP contribution in [0.2, 0.25) is 0 Å². The number of carbonyl (C=O) groups is 1. The predicted molar refractivity (Wildman–Crippen MR) is 64.4 cm³/mol. The molecule has 0 spiro atoms. The van der Waals surface area contributed by atoms with Crippen LogP contribution in [0.25, 0.3) is 0 Å². The highest BCUT2D eigenvalue weighted by molar-refractivity contribution is 5.77. The standard InChI is InChI=1S/C12H24N2O2/c1-4-11-9-16-7-6-14(11)12(15)8-10(3)13-5-2/h10-11,13H,4-9H2,1-3H3. The predicted octanol–water partition coefficient (Wildman–Crippen LogP) is 1.01. The maximum Gasteiger partial charge on any atom is 0.224 e. The van der Waals surface area contributed by atoms with Crippen molar-refractivity contribution in [2.24, 2.45) is 0 Å². The summed E-state index contributed by atoms with van der Waals surface area (Å²) in [5.41, 5.74) is 0. The highest BCUT2D eigenvalue weighted by Crippen LogP contribution is 2.12. The molecule has 1 amide bonds. The normalized spacial score (nSPS) is 23.2. The molecule has 1 heterocycles. The summed E-state index contributed by atoms with van der Waals surface area (Å²) in [6, 6.07) is 0.535. The van der Waals surface area contributed by atoms with Gasteiger partial charge in [0.15, 0.2) is 0 Å². The molecule has 0 aromatic carbocycles. The van der Waals surface area contributed by atoms with Crippen LogP contribution in [-0.2, 0) is 9.53 Å². The van der Waals surface area contributed by atoms with Crippen LogP contribution < -0.4 is 5.32 Å². The molecule has 1 N–H and O–H groups in total. The van der Waals surface area contributed by atoms with Crippen molar-refractivity contribution in [2.75, 3.05) is 26.3 Å². The first-order valence-electron chi connectivity index (χ1n) is 6.29. The minimum absolute atomic E-state index is 0.253. The first kappa shape index (κ1) is 13.5. The van der Waals surface area contributed by atoms with Gasteiger partial charge in [-0.05, 0) is 19.9 Å². The van der Waals surface area contributed by atoms with Crippen molar-refractivity contribution < 1.29 is 9.53 Å². The van der Waals surface area contributed by atoms with Gasteiger partial charge in [-0.3, -0.25) is 4.79 Å². The van der Waals surface area contributed by atoms with Crippen molar-refractivity contribution >= 4 is 5.91 Å². The number of hydrogen-bond donors (Lipinski definition) is 1. The van der Waals surface area contributed by atoms with Gasteiger partial charge in [0.05, 0.1) is 19.3 Å². The van der Waals surface area contributed by atoms with E-state index in [1.54, 1.807) is 0 Å². The molecule has 0 saturated carbocycles. The van der Waals surface area contributed by atoms with Crippen molar-refractivity contribution in [3.63, 3.8) is 0 Å². The quantitative estimate of drug-likeness (QED) is 0.763. The van der Waals surface area contributed by atoms with E-state index in [4.69, 9.17) is 4.74 Å². The SMILES string of the molecule is CCNC(C)CC(=O)N1CCOCC1CC. The van der Waals surface area contributed by atoms with E-state index in [1.165, 1.54) is 0 Å². The average Bonchev–Trinajstić information content (AvgIpc) is 2.29. The third-order valence-electron chi connectivity index (χ3n) is 3.05. The van der Waals surface area contributed by atoms with Crippen molar-refractivity contribution in [1.29, 1.82) is 0 Å². The lowest BCUT2D eigenvalue weighted by Gasteiger charge is -2.35. The molecule has 2 unspecified atom stereocenters. The van der Waals surface area contributed by atoms with Gasteiger partial charge in [-0.15, -0.1) is 0 Å². The molecule has 94 valence electrons. The van der Waals surface area contributed by atoms with E-state index < -0.39 is 0 Å². The molecule has 0 bridgehead atoms. The summed E-state index contributed by atoms with van der Waals surface area (Å²) in [6.07, 6.45) is 1.56. The molecular formula is C12H24N2O2. The molecule has 1 saturated heterocycles. The van der Waals surface area contributed by atoms with Crippen molar-refractivity contribution in [2.45, 2.75) is 45.7 Å². The Morgan fingerprint density at radius 3 is 2.94 bits per heavy atom. The van der Waals surface area contributed by atoms with E-state index >= 15 is 0 Å². The van der Waals surface area contributed by atoms with Crippen LogP contribution in [0.15, 0.2) is 0 Å². The minimum Gasteiger partial charge on any atom is -0.377 e. The Labute approximate surface area is 98.3 Å². The van der Waals surface area contributed by atoms with Crippen LogP contribution in [0, 0.1) is 0 Å². The summed E-state index contributed by atoms with van der Waals surface area (Å²) in [5, 5.41) is 3.27. The van der Waals surface area contributed by atoms with E-state index in [1.807, 2.05) is 4.90 Å². The Balaban J connectivity index is 2.44. The maximum absolute atomic E-state index is 12.1. The molecular weight excluding hydrogens is 204 g/mol. The van der Waals surface area contributed by atoms with Crippen molar-refractivity contribution in [3.05, 3.63) is 0 Å². The molecule has 0 aromatic rings. The van der Waals surface area contributed by atoms with Crippen LogP contribution in [0.3, 0.4) is 0 Å². The van der Waals surface area contributed by atoms with E-state index in [9.17, 15) is 4.79 Å². The van der Waals surface area contributed by atoms with Crippen LogP contribution in [0.4, 0.5) is 0 Å². The second kappa shape index (κ2) is 6.86. The van der Waals surface area contributed by atoms with E-state index in [-0.39, 0.29) is 18.0 Å². The van der Waals surface area contributed by atoms with Crippen LogP contribution in [0.1, 0.15) is 33.6 Å². The first-order chi connectivity index (χ1) is 7.69. The fraction of sp³-hybridized carbons (Fsp3) is 0.917. The molecule has 1 rings (SSSR count). The number of amides is 1. The Hall–Kier alpha value is -0.610. The maximum atomic E-state index is 12.1. The first-order valence-corrected chi connectivity index (χ1v) is 6.29. The second-order valence-corrected chi connectivity index (χ2v) is 4.39. The van der Waals surface area contributed by atoms with E-state index in [2.05, 4.69) is 26.1 Å². The molecule has 1 fully saturated rings. The highest BCUT2D eigenvalue weighted by Gasteiger charge is 2.26. The zero-order valence-electron chi connectivity index (χ0n) is 10.7. The van der Waals surface area contributed by atoms with Crippen LogP contribution in [0.5, 0.6) is 0 Å². The summed E-state index contributed by atoms with van der Waals surface area (Å²) < 4.78 is 5.40. The van der Waals surface area contributed by atoms with Crippen LogP contribution >= 0.6 is 0 Å². The Morgan fingerprint density at radius 1 is 1.56 bits per heavy atom. The van der Waals surface area contributed by atoms with Crippen LogP contribution in [-0.4, -0.2) is 49.2 Å². The largest absolute Gasteiger partial charge is 0.377 e. The number of rotatable bonds is 5.